The number of anilines is 1. The molecule has 6 heteroatoms. The molecule has 0 aliphatic rings. The van der Waals surface area contributed by atoms with Crippen LogP contribution in [0.5, 0.6) is 0 Å². The molecule has 0 saturated carbocycles. The second-order valence-corrected chi connectivity index (χ2v) is 5.15. The third kappa shape index (κ3) is 3.46. The summed E-state index contributed by atoms with van der Waals surface area (Å²) in [5.74, 6) is 0.357. The van der Waals surface area contributed by atoms with Crippen molar-refractivity contribution in [2.45, 2.75) is 13.5 Å². The lowest BCUT2D eigenvalue weighted by Gasteiger charge is -2.09. The molecule has 2 aromatic rings. The van der Waals surface area contributed by atoms with E-state index in [0.29, 0.717) is 24.7 Å². The van der Waals surface area contributed by atoms with Crippen molar-refractivity contribution in [3.05, 3.63) is 46.3 Å². The van der Waals surface area contributed by atoms with Gasteiger partial charge in [0, 0.05) is 24.3 Å². The first-order valence-electron chi connectivity index (χ1n) is 6.20. The van der Waals surface area contributed by atoms with Crippen molar-refractivity contribution in [1.82, 2.24) is 9.55 Å². The molecule has 0 spiro atoms. The summed E-state index contributed by atoms with van der Waals surface area (Å²) in [4.78, 5) is 16.5. The standard InChI is InChI=1S/C14H16BrN3O2/c1-10-11(15)5-6-13(16-10)17-14(19)12-4-3-7-18(12)8-9-20-2/h3-7H,8-9H2,1-2H3,(H,16,17,19). The van der Waals surface area contributed by atoms with Crippen molar-refractivity contribution in [2.75, 3.05) is 19.0 Å². The van der Waals surface area contributed by atoms with Gasteiger partial charge in [0.1, 0.15) is 11.5 Å². The van der Waals surface area contributed by atoms with Gasteiger partial charge in [0.05, 0.1) is 12.3 Å². The number of hydrogen-bond donors (Lipinski definition) is 1. The highest BCUT2D eigenvalue weighted by atomic mass is 79.9. The summed E-state index contributed by atoms with van der Waals surface area (Å²) in [6, 6.07) is 7.24. The number of aromatic nitrogens is 2. The number of aryl methyl sites for hydroxylation is 1. The van der Waals surface area contributed by atoms with Crippen LogP contribution >= 0.6 is 15.9 Å². The number of amides is 1. The highest BCUT2D eigenvalue weighted by Crippen LogP contribution is 2.16. The lowest BCUT2D eigenvalue weighted by molar-refractivity contribution is 0.101. The molecule has 0 saturated heterocycles. The van der Waals surface area contributed by atoms with Gasteiger partial charge in [-0.2, -0.15) is 0 Å². The Hall–Kier alpha value is -1.66. The minimum atomic E-state index is -0.180. The van der Waals surface area contributed by atoms with Gasteiger partial charge in [-0.15, -0.1) is 0 Å². The SMILES string of the molecule is COCCn1cccc1C(=O)Nc1ccc(Br)c(C)n1. The highest BCUT2D eigenvalue weighted by molar-refractivity contribution is 9.10. The highest BCUT2D eigenvalue weighted by Gasteiger charge is 2.11. The van der Waals surface area contributed by atoms with Gasteiger partial charge in [-0.3, -0.25) is 4.79 Å². The van der Waals surface area contributed by atoms with Crippen molar-refractivity contribution in [3.63, 3.8) is 0 Å². The Balaban J connectivity index is 2.11. The fourth-order valence-corrected chi connectivity index (χ4v) is 2.02. The summed E-state index contributed by atoms with van der Waals surface area (Å²) in [5.41, 5.74) is 1.42. The van der Waals surface area contributed by atoms with E-state index >= 15 is 0 Å². The van der Waals surface area contributed by atoms with Crippen LogP contribution in [0.1, 0.15) is 16.2 Å². The number of methoxy groups -OCH3 is 1. The van der Waals surface area contributed by atoms with E-state index in [2.05, 4.69) is 26.2 Å². The van der Waals surface area contributed by atoms with Crippen molar-refractivity contribution in [2.24, 2.45) is 0 Å². The van der Waals surface area contributed by atoms with E-state index < -0.39 is 0 Å². The number of nitrogens with zero attached hydrogens (tertiary/aromatic N) is 2. The number of carbonyl (C=O) groups is 1. The van der Waals surface area contributed by atoms with E-state index in [9.17, 15) is 4.79 Å². The predicted molar refractivity (Wildman–Crippen MR) is 80.9 cm³/mol. The smallest absolute Gasteiger partial charge is 0.273 e. The molecular weight excluding hydrogens is 322 g/mol. The Kier molecular flexibility index (Phi) is 4.92. The van der Waals surface area contributed by atoms with Crippen molar-refractivity contribution in [1.29, 1.82) is 0 Å². The minimum absolute atomic E-state index is 0.180. The van der Waals surface area contributed by atoms with Gasteiger partial charge in [-0.25, -0.2) is 4.98 Å². The van der Waals surface area contributed by atoms with Crippen LogP contribution in [0.3, 0.4) is 0 Å². The Morgan fingerprint density at radius 2 is 2.25 bits per heavy atom. The molecule has 0 unspecified atom stereocenters. The minimum Gasteiger partial charge on any atom is -0.383 e. The van der Waals surface area contributed by atoms with Crippen LogP contribution in [0.25, 0.3) is 0 Å². The normalized spacial score (nSPS) is 10.6. The number of rotatable bonds is 5. The fourth-order valence-electron chi connectivity index (χ4n) is 1.80. The first kappa shape index (κ1) is 14.7. The molecule has 1 N–H and O–H groups in total. The average Bonchev–Trinajstić information content (AvgIpc) is 2.89. The number of nitrogens with one attached hydrogen (secondary N) is 1. The van der Waals surface area contributed by atoms with Gasteiger partial charge >= 0.3 is 0 Å². The van der Waals surface area contributed by atoms with Gasteiger partial charge < -0.3 is 14.6 Å². The molecule has 106 valence electrons. The van der Waals surface area contributed by atoms with Crippen LogP contribution in [0.15, 0.2) is 34.9 Å². The second kappa shape index (κ2) is 6.67. The molecule has 0 bridgehead atoms. The molecule has 0 fully saturated rings. The Labute approximate surface area is 126 Å². The largest absolute Gasteiger partial charge is 0.383 e. The molecule has 0 radical (unpaired) electrons. The zero-order valence-electron chi connectivity index (χ0n) is 11.4. The fraction of sp³-hybridized carbons (Fsp3) is 0.286. The number of hydrogen-bond acceptors (Lipinski definition) is 3. The molecule has 2 aromatic heterocycles. The van der Waals surface area contributed by atoms with E-state index in [1.807, 2.05) is 29.8 Å². The maximum atomic E-state index is 12.2. The van der Waals surface area contributed by atoms with E-state index in [0.717, 1.165) is 10.2 Å². The molecule has 1 amide bonds. The predicted octanol–water partition coefficient (Wildman–Crippen LogP) is 2.85. The molecule has 0 aliphatic carbocycles. The summed E-state index contributed by atoms with van der Waals surface area (Å²) < 4.78 is 7.79. The van der Waals surface area contributed by atoms with E-state index in [-0.39, 0.29) is 5.91 Å². The third-order valence-corrected chi connectivity index (χ3v) is 3.70. The lowest BCUT2D eigenvalue weighted by atomic mass is 10.3. The van der Waals surface area contributed by atoms with Crippen molar-refractivity contribution in [3.8, 4) is 0 Å². The monoisotopic (exact) mass is 337 g/mol. The summed E-state index contributed by atoms with van der Waals surface area (Å²) in [6.07, 6.45) is 1.86. The summed E-state index contributed by atoms with van der Waals surface area (Å²) in [7, 11) is 1.64. The molecule has 2 heterocycles. The van der Waals surface area contributed by atoms with Gasteiger partial charge in [0.15, 0.2) is 0 Å². The van der Waals surface area contributed by atoms with Crippen LogP contribution in [0.4, 0.5) is 5.82 Å². The van der Waals surface area contributed by atoms with Crippen molar-refractivity contribution < 1.29 is 9.53 Å². The van der Waals surface area contributed by atoms with Gasteiger partial charge in [-0.05, 0) is 47.1 Å². The van der Waals surface area contributed by atoms with Gasteiger partial charge in [0.2, 0.25) is 0 Å². The number of carbonyl (C=O) groups excluding carboxylic acids is 1. The lowest BCUT2D eigenvalue weighted by Crippen LogP contribution is -2.18. The average molecular weight is 338 g/mol. The number of ether oxygens (including phenoxy) is 1. The van der Waals surface area contributed by atoms with Crippen LogP contribution in [0.2, 0.25) is 0 Å². The summed E-state index contributed by atoms with van der Waals surface area (Å²) in [5, 5.41) is 2.80. The molecule has 0 atom stereocenters. The van der Waals surface area contributed by atoms with E-state index in [1.165, 1.54) is 0 Å². The topological polar surface area (TPSA) is 56.1 Å². The van der Waals surface area contributed by atoms with E-state index in [4.69, 9.17) is 4.74 Å². The van der Waals surface area contributed by atoms with Gasteiger partial charge in [-0.1, -0.05) is 0 Å². The third-order valence-electron chi connectivity index (χ3n) is 2.86. The van der Waals surface area contributed by atoms with Crippen LogP contribution < -0.4 is 5.32 Å². The first-order chi connectivity index (χ1) is 9.61. The molecule has 0 aliphatic heterocycles. The zero-order chi connectivity index (χ0) is 14.5. The van der Waals surface area contributed by atoms with Crippen LogP contribution in [-0.4, -0.2) is 29.2 Å². The zero-order valence-corrected chi connectivity index (χ0v) is 13.0. The van der Waals surface area contributed by atoms with E-state index in [1.54, 1.807) is 19.2 Å². The first-order valence-corrected chi connectivity index (χ1v) is 6.99. The maximum absolute atomic E-state index is 12.2. The molecule has 20 heavy (non-hydrogen) atoms. The Morgan fingerprint density at radius 3 is 2.95 bits per heavy atom. The quantitative estimate of drug-likeness (QED) is 0.912. The summed E-state index contributed by atoms with van der Waals surface area (Å²) in [6.45, 7) is 3.07. The van der Waals surface area contributed by atoms with Crippen LogP contribution in [0, 0.1) is 6.92 Å². The van der Waals surface area contributed by atoms with Crippen molar-refractivity contribution >= 4 is 27.7 Å². The maximum Gasteiger partial charge on any atom is 0.273 e. The molecule has 0 aromatic carbocycles. The Bertz CT molecular complexity index is 610. The second-order valence-electron chi connectivity index (χ2n) is 4.30. The summed E-state index contributed by atoms with van der Waals surface area (Å²) >= 11 is 3.38. The molecule has 2 rings (SSSR count). The Morgan fingerprint density at radius 1 is 1.45 bits per heavy atom. The number of halogens is 1. The number of pyridine rings is 1. The van der Waals surface area contributed by atoms with Crippen LogP contribution in [-0.2, 0) is 11.3 Å². The molecular formula is C14H16BrN3O2. The molecule has 5 nitrogen and oxygen atoms in total. The van der Waals surface area contributed by atoms with Gasteiger partial charge in [0.25, 0.3) is 5.91 Å².